The van der Waals surface area contributed by atoms with Crippen LogP contribution in [0.1, 0.15) is 45.6 Å². The van der Waals surface area contributed by atoms with Crippen LogP contribution in [-0.2, 0) is 29.4 Å². The van der Waals surface area contributed by atoms with Crippen molar-refractivity contribution in [3.8, 4) is 0 Å². The monoisotopic (exact) mass is 638 g/mol. The van der Waals surface area contributed by atoms with Crippen molar-refractivity contribution in [2.24, 2.45) is 0 Å². The van der Waals surface area contributed by atoms with E-state index in [1.54, 1.807) is 0 Å². The van der Waals surface area contributed by atoms with Gasteiger partial charge < -0.3 is 9.84 Å². The van der Waals surface area contributed by atoms with E-state index in [9.17, 15) is 57.8 Å². The quantitative estimate of drug-likeness (QED) is 0.161. The van der Waals surface area contributed by atoms with Gasteiger partial charge in [0.05, 0.1) is 22.3 Å². The largest absolute Gasteiger partial charge is 0.416 e. The molecule has 0 spiro atoms. The van der Waals surface area contributed by atoms with Crippen molar-refractivity contribution in [3.63, 3.8) is 0 Å². The minimum absolute atomic E-state index is 0.156. The number of epoxide rings is 1. The fourth-order valence-corrected chi connectivity index (χ4v) is 4.46. The van der Waals surface area contributed by atoms with E-state index in [1.165, 1.54) is 22.6 Å². The molecule has 0 saturated carbocycles. The van der Waals surface area contributed by atoms with Crippen molar-refractivity contribution < 1.29 is 62.5 Å². The van der Waals surface area contributed by atoms with Crippen molar-refractivity contribution in [1.82, 2.24) is 0 Å². The molecule has 15 heteroatoms. The Morgan fingerprint density at radius 3 is 1.34 bits per heavy atom. The maximum absolute atomic E-state index is 13.2. The van der Waals surface area contributed by atoms with Crippen molar-refractivity contribution in [2.75, 3.05) is 4.43 Å². The van der Waals surface area contributed by atoms with Gasteiger partial charge in [-0.25, -0.2) is 0 Å². The smallest absolute Gasteiger partial charge is 0.385 e. The van der Waals surface area contributed by atoms with Gasteiger partial charge in [-0.2, -0.15) is 52.7 Å². The van der Waals surface area contributed by atoms with Gasteiger partial charge in [0, 0.05) is 4.43 Å². The van der Waals surface area contributed by atoms with Gasteiger partial charge in [-0.15, -0.1) is 0 Å². The summed E-state index contributed by atoms with van der Waals surface area (Å²) in [5.41, 5.74) is -10.6. The Hall–Kier alpha value is -1.75. The zero-order valence-electron chi connectivity index (χ0n) is 16.6. The molecule has 2 nitrogen and oxygen atoms in total. The summed E-state index contributed by atoms with van der Waals surface area (Å²) >= 11 is 1.50. The Bertz CT molecular complexity index is 1040. The van der Waals surface area contributed by atoms with Gasteiger partial charge in [0.15, 0.2) is 0 Å². The number of halogens is 13. The van der Waals surface area contributed by atoms with Crippen molar-refractivity contribution >= 4 is 22.6 Å². The number of hydrogen-bond donors (Lipinski definition) is 1. The predicted molar refractivity (Wildman–Crippen MR) is 103 cm³/mol. The Balaban J connectivity index is 2.10. The molecule has 1 saturated heterocycles. The third-order valence-electron chi connectivity index (χ3n) is 5.23. The molecule has 35 heavy (non-hydrogen) atoms. The predicted octanol–water partition coefficient (Wildman–Crippen LogP) is 7.74. The van der Waals surface area contributed by atoms with Crippen LogP contribution in [0.25, 0.3) is 0 Å². The molecular weight excluding hydrogens is 627 g/mol. The van der Waals surface area contributed by atoms with E-state index in [2.05, 4.69) is 0 Å². The van der Waals surface area contributed by atoms with Crippen molar-refractivity contribution in [1.29, 1.82) is 0 Å². The first-order valence-corrected chi connectivity index (χ1v) is 10.7. The van der Waals surface area contributed by atoms with E-state index >= 15 is 0 Å². The molecule has 194 valence electrons. The molecule has 1 aliphatic heterocycles. The fraction of sp³-hybridized carbons (Fsp3) is 0.400. The normalized spacial score (nSPS) is 22.3. The van der Waals surface area contributed by atoms with Gasteiger partial charge in [0.1, 0.15) is 17.8 Å². The maximum atomic E-state index is 13.2. The summed E-state index contributed by atoms with van der Waals surface area (Å²) < 4.78 is 163. The number of ether oxygens (including phenoxy) is 1. The molecule has 0 amide bonds. The van der Waals surface area contributed by atoms with Gasteiger partial charge in [-0.1, -0.05) is 22.6 Å². The molecule has 0 aromatic heterocycles. The highest BCUT2D eigenvalue weighted by Gasteiger charge is 2.62. The molecule has 0 aliphatic carbocycles. The number of rotatable bonds is 4. The third-order valence-corrected chi connectivity index (χ3v) is 6.43. The highest BCUT2D eigenvalue weighted by atomic mass is 127. The average molecular weight is 638 g/mol. The SMILES string of the molecule is OC(c1cc(C(F)(F)F)cc(C(F)(F)F)c1)C1(CI)OC1c1cc(C(F)(F)F)cc(C(F)(F)F)c1. The first-order valence-electron chi connectivity index (χ1n) is 9.21. The van der Waals surface area contributed by atoms with E-state index in [4.69, 9.17) is 4.74 Å². The highest BCUT2D eigenvalue weighted by Crippen LogP contribution is 2.59. The first kappa shape index (κ1) is 27.8. The van der Waals surface area contributed by atoms with Crippen LogP contribution in [0.3, 0.4) is 0 Å². The topological polar surface area (TPSA) is 32.8 Å². The second kappa shape index (κ2) is 8.68. The molecular formula is C20H11F12IO2. The lowest BCUT2D eigenvalue weighted by Gasteiger charge is -2.22. The van der Waals surface area contributed by atoms with E-state index in [1.807, 2.05) is 0 Å². The second-order valence-electron chi connectivity index (χ2n) is 7.67. The second-order valence-corrected chi connectivity index (χ2v) is 8.43. The van der Waals surface area contributed by atoms with Gasteiger partial charge in [0.25, 0.3) is 0 Å². The lowest BCUT2D eigenvalue weighted by Crippen LogP contribution is -2.26. The van der Waals surface area contributed by atoms with Crippen LogP contribution < -0.4 is 0 Å². The number of benzene rings is 2. The third kappa shape index (κ3) is 5.65. The molecule has 2 aromatic rings. The van der Waals surface area contributed by atoms with E-state index < -0.39 is 80.3 Å². The van der Waals surface area contributed by atoms with Gasteiger partial charge in [0.2, 0.25) is 0 Å². The van der Waals surface area contributed by atoms with E-state index in [-0.39, 0.29) is 24.3 Å². The average Bonchev–Trinajstić information content (AvgIpc) is 3.46. The Labute approximate surface area is 202 Å². The highest BCUT2D eigenvalue weighted by molar-refractivity contribution is 14.1. The summed E-state index contributed by atoms with van der Waals surface area (Å²) in [4.78, 5) is 0. The Morgan fingerprint density at radius 2 is 1.03 bits per heavy atom. The molecule has 1 heterocycles. The van der Waals surface area contributed by atoms with Crippen LogP contribution in [0.5, 0.6) is 0 Å². The molecule has 1 N–H and O–H groups in total. The summed E-state index contributed by atoms with van der Waals surface area (Å²) in [6.45, 7) is 0. The van der Waals surface area contributed by atoms with Crippen LogP contribution in [0.2, 0.25) is 0 Å². The number of aliphatic hydroxyl groups excluding tert-OH is 1. The van der Waals surface area contributed by atoms with Crippen LogP contribution in [-0.4, -0.2) is 15.1 Å². The molecule has 0 bridgehead atoms. The number of aliphatic hydroxyl groups is 1. The molecule has 1 fully saturated rings. The molecule has 3 atom stereocenters. The summed E-state index contributed by atoms with van der Waals surface area (Å²) in [5.74, 6) is 0. The standard InChI is InChI=1S/C20H11F12IO2/c21-17(22,23)10-1-8(2-11(5-10)18(24,25)26)14(34)16(7-33)15(35-16)9-3-12(19(27,28)29)6-13(4-9)20(30,31)32/h1-6,14-15,34H,7H2. The van der Waals surface area contributed by atoms with Crippen molar-refractivity contribution in [3.05, 3.63) is 69.8 Å². The van der Waals surface area contributed by atoms with Crippen LogP contribution in [0.4, 0.5) is 52.7 Å². The first-order chi connectivity index (χ1) is 15.7. The number of hydrogen-bond acceptors (Lipinski definition) is 2. The van der Waals surface area contributed by atoms with E-state index in [0.717, 1.165) is 0 Å². The minimum Gasteiger partial charge on any atom is -0.385 e. The summed E-state index contributed by atoms with van der Waals surface area (Å²) in [6.07, 6.45) is -24.9. The molecule has 3 unspecified atom stereocenters. The van der Waals surface area contributed by atoms with Crippen LogP contribution >= 0.6 is 22.6 Å². The molecule has 0 radical (unpaired) electrons. The van der Waals surface area contributed by atoms with Gasteiger partial charge >= 0.3 is 24.7 Å². The summed E-state index contributed by atoms with van der Waals surface area (Å²) in [6, 6.07) is 0.693. The van der Waals surface area contributed by atoms with Gasteiger partial charge in [-0.3, -0.25) is 0 Å². The van der Waals surface area contributed by atoms with Crippen molar-refractivity contribution in [2.45, 2.75) is 42.5 Å². The Kier molecular flexibility index (Phi) is 6.90. The lowest BCUT2D eigenvalue weighted by atomic mass is 9.88. The maximum Gasteiger partial charge on any atom is 0.416 e. The fourth-order valence-electron chi connectivity index (χ4n) is 3.47. The van der Waals surface area contributed by atoms with Crippen LogP contribution in [0, 0.1) is 0 Å². The Morgan fingerprint density at radius 1 is 0.686 bits per heavy atom. The summed E-state index contributed by atoms with van der Waals surface area (Å²) in [5, 5.41) is 10.7. The van der Waals surface area contributed by atoms with Gasteiger partial charge in [-0.05, 0) is 47.5 Å². The minimum atomic E-state index is -5.25. The van der Waals surface area contributed by atoms with E-state index in [0.29, 0.717) is 12.1 Å². The number of alkyl halides is 13. The van der Waals surface area contributed by atoms with Crippen LogP contribution in [0.15, 0.2) is 36.4 Å². The lowest BCUT2D eigenvalue weighted by molar-refractivity contribution is -0.144. The molecule has 3 rings (SSSR count). The molecule has 1 aliphatic rings. The zero-order chi connectivity index (χ0) is 26.8. The molecule has 2 aromatic carbocycles. The zero-order valence-corrected chi connectivity index (χ0v) is 18.8. The summed E-state index contributed by atoms with van der Waals surface area (Å²) in [7, 11) is 0.